The summed E-state index contributed by atoms with van der Waals surface area (Å²) >= 11 is 0. The van der Waals surface area contributed by atoms with Gasteiger partial charge in [0, 0.05) is 18.7 Å². The minimum atomic E-state index is -3.78. The number of piperidine rings is 1. The van der Waals surface area contributed by atoms with Gasteiger partial charge in [0.15, 0.2) is 0 Å². The Morgan fingerprint density at radius 2 is 1.85 bits per heavy atom. The summed E-state index contributed by atoms with van der Waals surface area (Å²) in [6.07, 6.45) is 4.03. The number of hydrogen-bond donors (Lipinski definition) is 2. The van der Waals surface area contributed by atoms with E-state index in [0.29, 0.717) is 5.69 Å². The van der Waals surface area contributed by atoms with Crippen molar-refractivity contribution in [1.82, 2.24) is 0 Å². The van der Waals surface area contributed by atoms with Crippen LogP contribution >= 0.6 is 0 Å². The molecule has 0 aliphatic carbocycles. The fourth-order valence-corrected chi connectivity index (χ4v) is 4.45. The largest absolute Gasteiger partial charge is 0.370 e. The number of aryl methyl sites for hydroxylation is 1. The minimum Gasteiger partial charge on any atom is -0.370 e. The van der Waals surface area contributed by atoms with Gasteiger partial charge in [0.2, 0.25) is 5.91 Å². The van der Waals surface area contributed by atoms with Crippen molar-refractivity contribution in [3.8, 4) is 0 Å². The molecule has 3 N–H and O–H groups in total. The van der Waals surface area contributed by atoms with E-state index in [0.717, 1.165) is 43.6 Å². The van der Waals surface area contributed by atoms with E-state index in [1.807, 2.05) is 13.0 Å². The first-order valence-corrected chi connectivity index (χ1v) is 10.7. The standard InChI is InChI=1S/C20H25N3O3S/c1-2-15-7-6-8-17(13-15)27(25,26)22-18-14-16(20(21)24)9-10-19(18)23-11-4-3-5-12-23/h6-10,13-14,22H,2-5,11-12H2,1H3,(H2,21,24). The van der Waals surface area contributed by atoms with E-state index in [9.17, 15) is 13.2 Å². The highest BCUT2D eigenvalue weighted by Crippen LogP contribution is 2.31. The van der Waals surface area contributed by atoms with Gasteiger partial charge < -0.3 is 10.6 Å². The Morgan fingerprint density at radius 1 is 1.11 bits per heavy atom. The number of carbonyl (C=O) groups is 1. The first-order chi connectivity index (χ1) is 12.9. The third kappa shape index (κ3) is 4.42. The van der Waals surface area contributed by atoms with Crippen molar-refractivity contribution < 1.29 is 13.2 Å². The lowest BCUT2D eigenvalue weighted by atomic mass is 10.1. The van der Waals surface area contributed by atoms with Crippen LogP contribution in [0.15, 0.2) is 47.4 Å². The van der Waals surface area contributed by atoms with E-state index >= 15 is 0 Å². The molecule has 1 heterocycles. The van der Waals surface area contributed by atoms with Gasteiger partial charge in [-0.05, 0) is 61.6 Å². The number of carbonyl (C=O) groups excluding carboxylic acids is 1. The molecule has 0 spiro atoms. The Hall–Kier alpha value is -2.54. The highest BCUT2D eigenvalue weighted by atomic mass is 32.2. The number of nitrogens with zero attached hydrogens (tertiary/aromatic N) is 1. The Labute approximate surface area is 160 Å². The number of hydrogen-bond acceptors (Lipinski definition) is 4. The zero-order chi connectivity index (χ0) is 19.4. The van der Waals surface area contributed by atoms with Gasteiger partial charge in [-0.25, -0.2) is 8.42 Å². The molecule has 3 rings (SSSR count). The third-order valence-corrected chi connectivity index (χ3v) is 6.20. The van der Waals surface area contributed by atoms with E-state index in [2.05, 4.69) is 9.62 Å². The maximum atomic E-state index is 12.9. The fourth-order valence-electron chi connectivity index (χ4n) is 3.32. The summed E-state index contributed by atoms with van der Waals surface area (Å²) in [5.74, 6) is -0.589. The number of nitrogens with one attached hydrogen (secondary N) is 1. The Kier molecular flexibility index (Phi) is 5.70. The van der Waals surface area contributed by atoms with E-state index in [1.165, 1.54) is 12.5 Å². The first-order valence-electron chi connectivity index (χ1n) is 9.21. The van der Waals surface area contributed by atoms with Crippen LogP contribution in [-0.4, -0.2) is 27.4 Å². The van der Waals surface area contributed by atoms with Gasteiger partial charge >= 0.3 is 0 Å². The lowest BCUT2D eigenvalue weighted by Gasteiger charge is -2.30. The Balaban J connectivity index is 2.00. The Bertz CT molecular complexity index is 935. The second kappa shape index (κ2) is 8.00. The van der Waals surface area contributed by atoms with Gasteiger partial charge in [-0.2, -0.15) is 0 Å². The smallest absolute Gasteiger partial charge is 0.261 e. The maximum Gasteiger partial charge on any atom is 0.261 e. The van der Waals surface area contributed by atoms with Crippen molar-refractivity contribution in [2.45, 2.75) is 37.5 Å². The molecule has 1 amide bonds. The van der Waals surface area contributed by atoms with Crippen molar-refractivity contribution in [2.24, 2.45) is 5.73 Å². The predicted molar refractivity (Wildman–Crippen MR) is 108 cm³/mol. The number of amides is 1. The van der Waals surface area contributed by atoms with Crippen LogP contribution in [0.4, 0.5) is 11.4 Å². The fraction of sp³-hybridized carbons (Fsp3) is 0.350. The molecule has 0 saturated carbocycles. The van der Waals surface area contributed by atoms with Gasteiger partial charge in [0.25, 0.3) is 10.0 Å². The normalized spacial score (nSPS) is 14.8. The monoisotopic (exact) mass is 387 g/mol. The highest BCUT2D eigenvalue weighted by Gasteiger charge is 2.21. The molecule has 0 radical (unpaired) electrons. The van der Waals surface area contributed by atoms with Crippen molar-refractivity contribution in [3.63, 3.8) is 0 Å². The van der Waals surface area contributed by atoms with Gasteiger partial charge in [-0.15, -0.1) is 0 Å². The van der Waals surface area contributed by atoms with Crippen LogP contribution in [-0.2, 0) is 16.4 Å². The summed E-state index contributed by atoms with van der Waals surface area (Å²) < 4.78 is 28.5. The highest BCUT2D eigenvalue weighted by molar-refractivity contribution is 7.92. The van der Waals surface area contributed by atoms with E-state index in [1.54, 1.807) is 30.3 Å². The van der Waals surface area contributed by atoms with Crippen LogP contribution in [0, 0.1) is 0 Å². The third-order valence-electron chi connectivity index (χ3n) is 4.84. The van der Waals surface area contributed by atoms with Crippen molar-refractivity contribution in [1.29, 1.82) is 0 Å². The molecular formula is C20H25N3O3S. The molecular weight excluding hydrogens is 362 g/mol. The number of rotatable bonds is 6. The summed E-state index contributed by atoms with van der Waals surface area (Å²) in [7, 11) is -3.78. The van der Waals surface area contributed by atoms with Crippen LogP contribution in [0.25, 0.3) is 0 Å². The van der Waals surface area contributed by atoms with Crippen molar-refractivity contribution >= 4 is 27.3 Å². The number of benzene rings is 2. The van der Waals surface area contributed by atoms with E-state index in [4.69, 9.17) is 5.73 Å². The zero-order valence-electron chi connectivity index (χ0n) is 15.4. The number of sulfonamides is 1. The summed E-state index contributed by atoms with van der Waals surface area (Å²) in [6, 6.07) is 11.8. The summed E-state index contributed by atoms with van der Waals surface area (Å²) in [4.78, 5) is 13.9. The molecule has 1 aliphatic rings. The van der Waals surface area contributed by atoms with Crippen LogP contribution in [0.5, 0.6) is 0 Å². The molecule has 0 aromatic heterocycles. The predicted octanol–water partition coefficient (Wildman–Crippen LogP) is 3.14. The molecule has 1 saturated heterocycles. The molecule has 0 atom stereocenters. The van der Waals surface area contributed by atoms with Crippen LogP contribution in [0.1, 0.15) is 42.1 Å². The summed E-state index contributed by atoms with van der Waals surface area (Å²) in [6.45, 7) is 3.69. The molecule has 2 aromatic carbocycles. The molecule has 0 unspecified atom stereocenters. The second-order valence-electron chi connectivity index (χ2n) is 6.75. The van der Waals surface area contributed by atoms with Crippen LogP contribution < -0.4 is 15.4 Å². The minimum absolute atomic E-state index is 0.205. The molecule has 1 fully saturated rings. The molecule has 27 heavy (non-hydrogen) atoms. The average Bonchev–Trinajstić information content (AvgIpc) is 2.68. The first kappa shape index (κ1) is 19.2. The van der Waals surface area contributed by atoms with Gasteiger partial charge in [0.1, 0.15) is 0 Å². The summed E-state index contributed by atoms with van der Waals surface area (Å²) in [5.41, 5.74) is 7.77. The average molecular weight is 388 g/mol. The van der Waals surface area contributed by atoms with Crippen LogP contribution in [0.2, 0.25) is 0 Å². The number of primary amides is 1. The topological polar surface area (TPSA) is 92.5 Å². The SMILES string of the molecule is CCc1cccc(S(=O)(=O)Nc2cc(C(N)=O)ccc2N2CCCCC2)c1. The van der Waals surface area contributed by atoms with Crippen molar-refractivity contribution in [3.05, 3.63) is 53.6 Å². The van der Waals surface area contributed by atoms with Crippen molar-refractivity contribution in [2.75, 3.05) is 22.7 Å². The van der Waals surface area contributed by atoms with Gasteiger partial charge in [0.05, 0.1) is 16.3 Å². The zero-order valence-corrected chi connectivity index (χ0v) is 16.3. The second-order valence-corrected chi connectivity index (χ2v) is 8.43. The van der Waals surface area contributed by atoms with Crippen LogP contribution in [0.3, 0.4) is 0 Å². The van der Waals surface area contributed by atoms with Gasteiger partial charge in [-0.3, -0.25) is 9.52 Å². The maximum absolute atomic E-state index is 12.9. The number of anilines is 2. The molecule has 1 aliphatic heterocycles. The molecule has 2 aromatic rings. The number of nitrogens with two attached hydrogens (primary N) is 1. The van der Waals surface area contributed by atoms with Gasteiger partial charge in [-0.1, -0.05) is 19.1 Å². The van der Waals surface area contributed by atoms with E-state index in [-0.39, 0.29) is 10.5 Å². The summed E-state index contributed by atoms with van der Waals surface area (Å²) in [5, 5.41) is 0. The van der Waals surface area contributed by atoms with E-state index < -0.39 is 15.9 Å². The quantitative estimate of drug-likeness (QED) is 0.796. The molecule has 7 heteroatoms. The lowest BCUT2D eigenvalue weighted by Crippen LogP contribution is -2.30. The molecule has 0 bridgehead atoms. The molecule has 144 valence electrons. The molecule has 6 nitrogen and oxygen atoms in total. The lowest BCUT2D eigenvalue weighted by molar-refractivity contribution is 0.100. The Morgan fingerprint density at radius 3 is 2.52 bits per heavy atom.